The molecule has 218 valence electrons. The van der Waals surface area contributed by atoms with E-state index >= 15 is 0 Å². The zero-order chi connectivity index (χ0) is 29.2. The predicted octanol–water partition coefficient (Wildman–Crippen LogP) is 4.55. The van der Waals surface area contributed by atoms with Crippen LogP contribution in [0.1, 0.15) is 43.2 Å². The summed E-state index contributed by atoms with van der Waals surface area (Å²) in [5.74, 6) is -0.114. The van der Waals surface area contributed by atoms with Crippen LogP contribution in [0.15, 0.2) is 84.9 Å². The third kappa shape index (κ3) is 8.57. The quantitative estimate of drug-likeness (QED) is 0.341. The summed E-state index contributed by atoms with van der Waals surface area (Å²) in [5.41, 5.74) is 2.10. The summed E-state index contributed by atoms with van der Waals surface area (Å²) in [6, 6.07) is 24.8. The van der Waals surface area contributed by atoms with Gasteiger partial charge in [0.15, 0.2) is 0 Å². The lowest BCUT2D eigenvalue weighted by molar-refractivity contribution is -0.140. The molecule has 0 radical (unpaired) electrons. The zero-order valence-electron chi connectivity index (χ0n) is 23.7. The van der Waals surface area contributed by atoms with Gasteiger partial charge in [0.2, 0.25) is 21.8 Å². The molecule has 2 amide bonds. The summed E-state index contributed by atoms with van der Waals surface area (Å²) in [6.45, 7) is -0.282. The number of nitrogens with zero attached hydrogens (tertiary/aromatic N) is 2. The highest BCUT2D eigenvalue weighted by atomic mass is 32.2. The van der Waals surface area contributed by atoms with Crippen molar-refractivity contribution in [2.75, 3.05) is 24.2 Å². The van der Waals surface area contributed by atoms with Crippen molar-refractivity contribution in [3.05, 3.63) is 96.1 Å². The standard InChI is InChI=1S/C32H39N3O5S/c1-40-29-20-18-28(19-21-29)35(41(2,38)39)24-31(36)34(23-26-14-8-4-9-15-26)30(22-25-12-6-3-7-13-25)32(37)33-27-16-10-5-11-17-27/h3-4,6-9,12-15,18-21,27,30H,5,10-11,16-17,22-24H2,1-2H3,(H,33,37). The number of methoxy groups -OCH3 is 1. The van der Waals surface area contributed by atoms with Crippen LogP contribution in [-0.2, 0) is 32.6 Å². The highest BCUT2D eigenvalue weighted by Crippen LogP contribution is 2.24. The van der Waals surface area contributed by atoms with E-state index < -0.39 is 28.5 Å². The molecule has 1 unspecified atom stereocenters. The van der Waals surface area contributed by atoms with Gasteiger partial charge in [-0.05, 0) is 48.2 Å². The summed E-state index contributed by atoms with van der Waals surface area (Å²) in [4.78, 5) is 29.6. The van der Waals surface area contributed by atoms with Gasteiger partial charge in [0.25, 0.3) is 0 Å². The maximum atomic E-state index is 14.1. The van der Waals surface area contributed by atoms with Crippen molar-refractivity contribution in [2.45, 2.75) is 57.2 Å². The van der Waals surface area contributed by atoms with Gasteiger partial charge >= 0.3 is 0 Å². The Balaban J connectivity index is 1.69. The van der Waals surface area contributed by atoms with Crippen molar-refractivity contribution in [1.29, 1.82) is 0 Å². The topological polar surface area (TPSA) is 96.0 Å². The number of sulfonamides is 1. The van der Waals surface area contributed by atoms with E-state index in [-0.39, 0.29) is 18.5 Å². The van der Waals surface area contributed by atoms with Crippen LogP contribution in [0.3, 0.4) is 0 Å². The SMILES string of the molecule is COc1ccc(N(CC(=O)N(Cc2ccccc2)C(Cc2ccccc2)C(=O)NC2CCCCC2)S(C)(=O)=O)cc1. The normalized spacial score (nSPS) is 14.6. The third-order valence-corrected chi connectivity index (χ3v) is 8.60. The first kappa shape index (κ1) is 30.1. The van der Waals surface area contributed by atoms with E-state index in [2.05, 4.69) is 5.32 Å². The zero-order valence-corrected chi connectivity index (χ0v) is 24.6. The van der Waals surface area contributed by atoms with Gasteiger partial charge in [-0.15, -0.1) is 0 Å². The molecule has 3 aromatic rings. The van der Waals surface area contributed by atoms with Gasteiger partial charge in [-0.25, -0.2) is 8.42 Å². The molecular weight excluding hydrogens is 538 g/mol. The maximum Gasteiger partial charge on any atom is 0.244 e. The predicted molar refractivity (Wildman–Crippen MR) is 161 cm³/mol. The largest absolute Gasteiger partial charge is 0.497 e. The number of carbonyl (C=O) groups is 2. The van der Waals surface area contributed by atoms with E-state index in [9.17, 15) is 18.0 Å². The van der Waals surface area contributed by atoms with Crippen molar-refractivity contribution < 1.29 is 22.7 Å². The molecule has 1 saturated carbocycles. The number of amides is 2. The minimum atomic E-state index is -3.82. The second-order valence-electron chi connectivity index (χ2n) is 10.5. The summed E-state index contributed by atoms with van der Waals surface area (Å²) >= 11 is 0. The molecule has 1 fully saturated rings. The fraction of sp³-hybridized carbons (Fsp3) is 0.375. The Kier molecular flexibility index (Phi) is 10.4. The Bertz CT molecular complexity index is 1380. The number of nitrogens with one attached hydrogen (secondary N) is 1. The van der Waals surface area contributed by atoms with Crippen LogP contribution < -0.4 is 14.4 Å². The molecule has 0 spiro atoms. The molecule has 0 aromatic heterocycles. The third-order valence-electron chi connectivity index (χ3n) is 7.46. The lowest BCUT2D eigenvalue weighted by Crippen LogP contribution is -2.55. The van der Waals surface area contributed by atoms with Crippen LogP contribution in [0, 0.1) is 0 Å². The van der Waals surface area contributed by atoms with E-state index in [0.29, 0.717) is 17.9 Å². The number of benzene rings is 3. The summed E-state index contributed by atoms with van der Waals surface area (Å²) in [6.07, 6.45) is 6.48. The first-order valence-electron chi connectivity index (χ1n) is 14.0. The average molecular weight is 578 g/mol. The Morgan fingerprint density at radius 2 is 1.46 bits per heavy atom. The summed E-state index contributed by atoms with van der Waals surface area (Å²) < 4.78 is 32.1. The van der Waals surface area contributed by atoms with E-state index in [1.165, 1.54) is 12.0 Å². The number of hydrogen-bond acceptors (Lipinski definition) is 5. The summed E-state index contributed by atoms with van der Waals surface area (Å²) in [7, 11) is -2.29. The average Bonchev–Trinajstić information content (AvgIpc) is 2.98. The molecular formula is C32H39N3O5S. The molecule has 1 aliphatic rings. The van der Waals surface area contributed by atoms with Gasteiger partial charge in [-0.2, -0.15) is 0 Å². The van der Waals surface area contributed by atoms with Crippen molar-refractivity contribution in [2.24, 2.45) is 0 Å². The monoisotopic (exact) mass is 577 g/mol. The minimum absolute atomic E-state index is 0.0648. The first-order valence-corrected chi connectivity index (χ1v) is 15.9. The van der Waals surface area contributed by atoms with Crippen LogP contribution >= 0.6 is 0 Å². The van der Waals surface area contributed by atoms with Crippen molar-refractivity contribution in [3.63, 3.8) is 0 Å². The van der Waals surface area contributed by atoms with Crippen molar-refractivity contribution in [3.8, 4) is 5.75 Å². The van der Waals surface area contributed by atoms with E-state index in [0.717, 1.165) is 53.8 Å². The molecule has 1 aliphatic carbocycles. The molecule has 0 aliphatic heterocycles. The van der Waals surface area contributed by atoms with Gasteiger partial charge < -0.3 is 15.0 Å². The number of hydrogen-bond donors (Lipinski definition) is 1. The molecule has 41 heavy (non-hydrogen) atoms. The second-order valence-corrected chi connectivity index (χ2v) is 12.4. The Labute approximate surface area is 243 Å². The molecule has 4 rings (SSSR count). The molecule has 0 bridgehead atoms. The number of carbonyl (C=O) groups excluding carboxylic acids is 2. The fourth-order valence-corrected chi connectivity index (χ4v) is 6.09. The van der Waals surface area contributed by atoms with Crippen LogP contribution in [0.25, 0.3) is 0 Å². The molecule has 9 heteroatoms. The van der Waals surface area contributed by atoms with Gasteiger partial charge in [0, 0.05) is 19.0 Å². The Morgan fingerprint density at radius 1 is 0.878 bits per heavy atom. The molecule has 0 heterocycles. The summed E-state index contributed by atoms with van der Waals surface area (Å²) in [5, 5.41) is 3.21. The Morgan fingerprint density at radius 3 is 2.02 bits per heavy atom. The molecule has 0 saturated heterocycles. The first-order chi connectivity index (χ1) is 19.7. The van der Waals surface area contributed by atoms with E-state index in [1.807, 2.05) is 60.7 Å². The van der Waals surface area contributed by atoms with Crippen LogP contribution in [0.2, 0.25) is 0 Å². The van der Waals surface area contributed by atoms with Crippen LogP contribution in [0.4, 0.5) is 5.69 Å². The lowest BCUT2D eigenvalue weighted by atomic mass is 9.94. The smallest absolute Gasteiger partial charge is 0.244 e. The highest BCUT2D eigenvalue weighted by Gasteiger charge is 2.34. The van der Waals surface area contributed by atoms with Crippen LogP contribution in [0.5, 0.6) is 5.75 Å². The Hall–Kier alpha value is -3.85. The van der Waals surface area contributed by atoms with Crippen molar-refractivity contribution >= 4 is 27.5 Å². The molecule has 8 nitrogen and oxygen atoms in total. The number of rotatable bonds is 12. The highest BCUT2D eigenvalue weighted by molar-refractivity contribution is 7.92. The second kappa shape index (κ2) is 14.2. The van der Waals surface area contributed by atoms with E-state index in [4.69, 9.17) is 4.74 Å². The molecule has 1 N–H and O–H groups in total. The van der Waals surface area contributed by atoms with E-state index in [1.54, 1.807) is 24.3 Å². The van der Waals surface area contributed by atoms with Gasteiger partial charge in [0.05, 0.1) is 19.1 Å². The fourth-order valence-electron chi connectivity index (χ4n) is 5.24. The van der Waals surface area contributed by atoms with Crippen molar-refractivity contribution in [1.82, 2.24) is 10.2 Å². The number of anilines is 1. The maximum absolute atomic E-state index is 14.1. The minimum Gasteiger partial charge on any atom is -0.497 e. The molecule has 3 aromatic carbocycles. The van der Waals surface area contributed by atoms with Gasteiger partial charge in [0.1, 0.15) is 18.3 Å². The van der Waals surface area contributed by atoms with Crippen LogP contribution in [-0.4, -0.2) is 57.1 Å². The van der Waals surface area contributed by atoms with Gasteiger partial charge in [-0.1, -0.05) is 79.9 Å². The molecule has 1 atom stereocenters. The number of ether oxygens (including phenoxy) is 1. The lowest BCUT2D eigenvalue weighted by Gasteiger charge is -2.35. The van der Waals surface area contributed by atoms with Gasteiger partial charge in [-0.3, -0.25) is 13.9 Å².